The molecule has 0 saturated carbocycles. The van der Waals surface area contributed by atoms with Gasteiger partial charge in [0.15, 0.2) is 0 Å². The molecule has 100 valence electrons. The van der Waals surface area contributed by atoms with E-state index in [1.54, 1.807) is 23.8 Å². The van der Waals surface area contributed by atoms with Crippen molar-refractivity contribution in [3.05, 3.63) is 50.4 Å². The molecule has 0 aliphatic heterocycles. The van der Waals surface area contributed by atoms with E-state index in [4.69, 9.17) is 28.0 Å². The van der Waals surface area contributed by atoms with Crippen LogP contribution in [0.25, 0.3) is 11.8 Å². The molecule has 1 heterocycles. The van der Waals surface area contributed by atoms with Crippen molar-refractivity contribution in [3.63, 3.8) is 0 Å². The van der Waals surface area contributed by atoms with Crippen LogP contribution in [0, 0.1) is 0 Å². The minimum atomic E-state index is 0.547. The van der Waals surface area contributed by atoms with E-state index in [0.717, 1.165) is 16.1 Å². The zero-order chi connectivity index (χ0) is 13.7. The van der Waals surface area contributed by atoms with E-state index < -0.39 is 0 Å². The number of hydroxylamine groups is 1. The van der Waals surface area contributed by atoms with Gasteiger partial charge in [0.05, 0.1) is 22.8 Å². The summed E-state index contributed by atoms with van der Waals surface area (Å²) in [5, 5.41) is 1.16. The number of benzene rings is 1. The van der Waals surface area contributed by atoms with E-state index in [0.29, 0.717) is 16.7 Å². The van der Waals surface area contributed by atoms with Crippen molar-refractivity contribution >= 4 is 46.3 Å². The SMILES string of the molecule is CCONC(=Cc1cncs1)c1ccc(Cl)cc1Cl. The maximum atomic E-state index is 6.21. The molecule has 0 fully saturated rings. The number of thiazole rings is 1. The number of halogens is 2. The Hall–Kier alpha value is -1.07. The standard InChI is InChI=1S/C13H12Cl2N2OS/c1-2-18-17-13(6-10-7-16-8-19-10)11-4-3-9(14)5-12(11)15/h3-8,17H,2H2,1H3. The Labute approximate surface area is 125 Å². The molecule has 1 N–H and O–H groups in total. The number of hydrogen-bond donors (Lipinski definition) is 1. The predicted octanol–water partition coefficient (Wildman–Crippen LogP) is 4.49. The summed E-state index contributed by atoms with van der Waals surface area (Å²) in [5.41, 5.74) is 6.27. The van der Waals surface area contributed by atoms with Crippen molar-refractivity contribution in [3.8, 4) is 0 Å². The Bertz CT molecular complexity index is 570. The lowest BCUT2D eigenvalue weighted by molar-refractivity contribution is 0.0904. The van der Waals surface area contributed by atoms with E-state index in [2.05, 4.69) is 10.5 Å². The van der Waals surface area contributed by atoms with E-state index in [1.165, 1.54) is 11.3 Å². The fourth-order valence-corrected chi connectivity index (χ4v) is 2.52. The first-order valence-electron chi connectivity index (χ1n) is 5.64. The molecule has 3 nitrogen and oxygen atoms in total. The maximum Gasteiger partial charge on any atom is 0.0797 e. The molecule has 0 aliphatic carbocycles. The molecule has 0 bridgehead atoms. The number of aromatic nitrogens is 1. The topological polar surface area (TPSA) is 34.1 Å². The molecule has 2 aromatic rings. The van der Waals surface area contributed by atoms with Crippen LogP contribution in [0.4, 0.5) is 0 Å². The van der Waals surface area contributed by atoms with Crippen molar-refractivity contribution in [2.45, 2.75) is 6.92 Å². The lowest BCUT2D eigenvalue weighted by atomic mass is 10.1. The first-order valence-corrected chi connectivity index (χ1v) is 7.27. The first kappa shape index (κ1) is 14.3. The summed E-state index contributed by atoms with van der Waals surface area (Å²) < 4.78 is 0. The van der Waals surface area contributed by atoms with Gasteiger partial charge in [0.1, 0.15) is 0 Å². The smallest absolute Gasteiger partial charge is 0.0797 e. The number of hydrogen-bond acceptors (Lipinski definition) is 4. The third kappa shape index (κ3) is 3.94. The average molecular weight is 315 g/mol. The van der Waals surface area contributed by atoms with Crippen LogP contribution >= 0.6 is 34.5 Å². The van der Waals surface area contributed by atoms with Crippen molar-refractivity contribution in [2.24, 2.45) is 0 Å². The quantitative estimate of drug-likeness (QED) is 0.826. The third-order valence-corrected chi connectivity index (χ3v) is 3.56. The molecular formula is C13H12Cl2N2OS. The highest BCUT2D eigenvalue weighted by Gasteiger charge is 2.08. The lowest BCUT2D eigenvalue weighted by Gasteiger charge is -2.12. The summed E-state index contributed by atoms with van der Waals surface area (Å²) in [7, 11) is 0. The minimum Gasteiger partial charge on any atom is -0.276 e. The molecule has 0 aliphatic rings. The van der Waals surface area contributed by atoms with Gasteiger partial charge in [-0.1, -0.05) is 23.2 Å². The third-order valence-electron chi connectivity index (χ3n) is 2.29. The summed E-state index contributed by atoms with van der Waals surface area (Å²) in [5.74, 6) is 0. The molecule has 0 unspecified atom stereocenters. The van der Waals surface area contributed by atoms with E-state index in [1.807, 2.05) is 19.1 Å². The van der Waals surface area contributed by atoms with Crippen molar-refractivity contribution in [1.29, 1.82) is 0 Å². The van der Waals surface area contributed by atoms with Crippen LogP contribution in [0.2, 0.25) is 10.0 Å². The molecule has 0 spiro atoms. The summed E-state index contributed by atoms with van der Waals surface area (Å²) in [4.78, 5) is 10.3. The normalized spacial score (nSPS) is 11.6. The average Bonchev–Trinajstić information content (AvgIpc) is 2.88. The van der Waals surface area contributed by atoms with Gasteiger partial charge in [-0.3, -0.25) is 15.3 Å². The number of rotatable bonds is 5. The summed E-state index contributed by atoms with van der Waals surface area (Å²) in [6.07, 6.45) is 3.71. The van der Waals surface area contributed by atoms with Gasteiger partial charge in [-0.15, -0.1) is 11.3 Å². The van der Waals surface area contributed by atoms with Crippen LogP contribution in [0.1, 0.15) is 17.4 Å². The molecule has 2 rings (SSSR count). The molecule has 1 aromatic heterocycles. The van der Waals surface area contributed by atoms with E-state index >= 15 is 0 Å². The van der Waals surface area contributed by atoms with Crippen LogP contribution in [-0.4, -0.2) is 11.6 Å². The monoisotopic (exact) mass is 314 g/mol. The minimum absolute atomic E-state index is 0.547. The van der Waals surface area contributed by atoms with Crippen LogP contribution in [0.3, 0.4) is 0 Å². The van der Waals surface area contributed by atoms with Gasteiger partial charge >= 0.3 is 0 Å². The number of nitrogens with zero attached hydrogens (tertiary/aromatic N) is 1. The van der Waals surface area contributed by atoms with Gasteiger partial charge < -0.3 is 0 Å². The Balaban J connectivity index is 2.36. The van der Waals surface area contributed by atoms with Gasteiger partial charge in [-0.2, -0.15) is 0 Å². The highest BCUT2D eigenvalue weighted by atomic mass is 35.5. The highest BCUT2D eigenvalue weighted by Crippen LogP contribution is 2.27. The van der Waals surface area contributed by atoms with Crippen LogP contribution in [0.5, 0.6) is 0 Å². The van der Waals surface area contributed by atoms with Crippen LogP contribution in [0.15, 0.2) is 29.9 Å². The summed E-state index contributed by atoms with van der Waals surface area (Å²) in [6.45, 7) is 2.45. The highest BCUT2D eigenvalue weighted by molar-refractivity contribution is 7.10. The Morgan fingerprint density at radius 3 is 2.95 bits per heavy atom. The summed E-state index contributed by atoms with van der Waals surface area (Å²) >= 11 is 13.7. The maximum absolute atomic E-state index is 6.21. The molecule has 1 aromatic carbocycles. The predicted molar refractivity (Wildman–Crippen MR) is 81.2 cm³/mol. The van der Waals surface area contributed by atoms with Crippen molar-refractivity contribution < 1.29 is 4.84 Å². The lowest BCUT2D eigenvalue weighted by Crippen LogP contribution is -2.13. The van der Waals surface area contributed by atoms with Crippen LogP contribution < -0.4 is 5.48 Å². The van der Waals surface area contributed by atoms with Gasteiger partial charge in [0.2, 0.25) is 0 Å². The number of nitrogens with one attached hydrogen (secondary N) is 1. The second-order valence-electron chi connectivity index (χ2n) is 3.62. The molecule has 0 atom stereocenters. The van der Waals surface area contributed by atoms with E-state index in [9.17, 15) is 0 Å². The Morgan fingerprint density at radius 1 is 1.47 bits per heavy atom. The van der Waals surface area contributed by atoms with Gasteiger partial charge in [-0.25, -0.2) is 0 Å². The van der Waals surface area contributed by atoms with Crippen LogP contribution in [-0.2, 0) is 4.84 Å². The zero-order valence-electron chi connectivity index (χ0n) is 10.2. The molecular weight excluding hydrogens is 303 g/mol. The Kier molecular flexibility index (Phi) is 5.22. The van der Waals surface area contributed by atoms with Crippen molar-refractivity contribution in [2.75, 3.05) is 6.61 Å². The molecule has 0 saturated heterocycles. The molecule has 19 heavy (non-hydrogen) atoms. The largest absolute Gasteiger partial charge is 0.276 e. The second kappa shape index (κ2) is 6.91. The molecule has 0 amide bonds. The molecule has 0 radical (unpaired) electrons. The fourth-order valence-electron chi connectivity index (χ4n) is 1.46. The summed E-state index contributed by atoms with van der Waals surface area (Å²) in [6, 6.07) is 5.34. The van der Waals surface area contributed by atoms with Gasteiger partial charge in [0, 0.05) is 21.7 Å². The second-order valence-corrected chi connectivity index (χ2v) is 5.38. The Morgan fingerprint density at radius 2 is 2.32 bits per heavy atom. The zero-order valence-corrected chi connectivity index (χ0v) is 12.5. The van der Waals surface area contributed by atoms with E-state index in [-0.39, 0.29) is 0 Å². The first-order chi connectivity index (χ1) is 9.20. The van der Waals surface area contributed by atoms with Crippen molar-refractivity contribution in [1.82, 2.24) is 10.5 Å². The van der Waals surface area contributed by atoms with Gasteiger partial charge in [-0.05, 0) is 31.2 Å². The molecule has 6 heteroatoms. The van der Waals surface area contributed by atoms with Gasteiger partial charge in [0.25, 0.3) is 0 Å². The fraction of sp³-hybridized carbons (Fsp3) is 0.154.